The molecular weight excluding hydrogens is 239 g/mol. The van der Waals surface area contributed by atoms with Gasteiger partial charge < -0.3 is 0 Å². The van der Waals surface area contributed by atoms with E-state index in [0.717, 1.165) is 0 Å². The molecule has 0 saturated carbocycles. The van der Waals surface area contributed by atoms with Gasteiger partial charge in [-0.1, -0.05) is 0 Å². The summed E-state index contributed by atoms with van der Waals surface area (Å²) < 4.78 is 13.7. The molecule has 1 rings (SSSR count). The summed E-state index contributed by atoms with van der Waals surface area (Å²) >= 11 is 3.03. The summed E-state index contributed by atoms with van der Waals surface area (Å²) in [6.45, 7) is 1.25. The largest absolute Gasteiger partial charge is 0.298 e. The highest BCUT2D eigenvalue weighted by atomic mass is 79.9. The lowest BCUT2D eigenvalue weighted by Crippen LogP contribution is -2.02. The minimum Gasteiger partial charge on any atom is -0.298 e. The van der Waals surface area contributed by atoms with E-state index in [4.69, 9.17) is 0 Å². The van der Waals surface area contributed by atoms with Crippen LogP contribution in [0, 0.1) is 5.82 Å². The van der Waals surface area contributed by atoms with E-state index in [2.05, 4.69) is 15.9 Å². The first-order valence-electron chi connectivity index (χ1n) is 3.52. The maximum absolute atomic E-state index is 13.3. The van der Waals surface area contributed by atoms with Crippen molar-refractivity contribution in [2.75, 3.05) is 0 Å². The molecule has 0 amide bonds. The van der Waals surface area contributed by atoms with E-state index in [9.17, 15) is 14.0 Å². The molecule has 0 unspecified atom stereocenters. The fourth-order valence-electron chi connectivity index (χ4n) is 0.982. The van der Waals surface area contributed by atoms with E-state index in [-0.39, 0.29) is 11.1 Å². The molecule has 0 fully saturated rings. The predicted molar refractivity (Wildman–Crippen MR) is 49.5 cm³/mol. The number of carbonyl (C=O) groups is 2. The van der Waals surface area contributed by atoms with E-state index < -0.39 is 11.6 Å². The van der Waals surface area contributed by atoms with Crippen molar-refractivity contribution in [1.82, 2.24) is 0 Å². The van der Waals surface area contributed by atoms with Crippen LogP contribution in [0.15, 0.2) is 16.6 Å². The molecule has 1 aromatic carbocycles. The summed E-state index contributed by atoms with van der Waals surface area (Å²) in [5.41, 5.74) is -0.182. The van der Waals surface area contributed by atoms with Gasteiger partial charge in [0.25, 0.3) is 0 Å². The van der Waals surface area contributed by atoms with E-state index in [0.29, 0.717) is 10.8 Å². The van der Waals surface area contributed by atoms with Crippen LogP contribution in [0.2, 0.25) is 0 Å². The molecule has 0 saturated heterocycles. The number of benzene rings is 1. The number of rotatable bonds is 2. The van der Waals surface area contributed by atoms with Crippen LogP contribution >= 0.6 is 15.9 Å². The third-order valence-electron chi connectivity index (χ3n) is 1.60. The van der Waals surface area contributed by atoms with Crippen LogP contribution in [0.3, 0.4) is 0 Å². The van der Waals surface area contributed by atoms with Crippen molar-refractivity contribution < 1.29 is 14.0 Å². The van der Waals surface area contributed by atoms with Crippen LogP contribution in [0.5, 0.6) is 0 Å². The van der Waals surface area contributed by atoms with Gasteiger partial charge in [0, 0.05) is 4.47 Å². The average molecular weight is 245 g/mol. The lowest BCUT2D eigenvalue weighted by atomic mass is 10.1. The van der Waals surface area contributed by atoms with Crippen molar-refractivity contribution in [3.05, 3.63) is 33.5 Å². The molecule has 0 aromatic heterocycles. The Morgan fingerprint density at radius 2 is 2.15 bits per heavy atom. The fraction of sp³-hybridized carbons (Fsp3) is 0.111. The lowest BCUT2D eigenvalue weighted by molar-refractivity contribution is 0.101. The van der Waals surface area contributed by atoms with Gasteiger partial charge in [-0.2, -0.15) is 0 Å². The molecular formula is C9H6BrFO2. The van der Waals surface area contributed by atoms with E-state index in [1.165, 1.54) is 19.1 Å². The summed E-state index contributed by atoms with van der Waals surface area (Å²) in [5, 5.41) is 0. The molecule has 2 nitrogen and oxygen atoms in total. The Kier molecular flexibility index (Phi) is 2.93. The van der Waals surface area contributed by atoms with Gasteiger partial charge in [-0.15, -0.1) is 0 Å². The van der Waals surface area contributed by atoms with Crippen LogP contribution in [0.25, 0.3) is 0 Å². The third-order valence-corrected chi connectivity index (χ3v) is 2.26. The maximum Gasteiger partial charge on any atom is 0.163 e. The molecule has 0 radical (unpaired) electrons. The number of Topliss-reactive ketones (excluding diaryl/α,β-unsaturated/α-hetero) is 1. The van der Waals surface area contributed by atoms with Crippen LogP contribution in [-0.4, -0.2) is 12.1 Å². The summed E-state index contributed by atoms with van der Waals surface area (Å²) in [4.78, 5) is 21.3. The van der Waals surface area contributed by atoms with Gasteiger partial charge in [-0.3, -0.25) is 9.59 Å². The van der Waals surface area contributed by atoms with Crippen LogP contribution in [0.1, 0.15) is 27.6 Å². The van der Waals surface area contributed by atoms with Crippen molar-refractivity contribution in [3.63, 3.8) is 0 Å². The summed E-state index contributed by atoms with van der Waals surface area (Å²) in [5.74, 6) is -1.18. The molecule has 0 aliphatic rings. The average Bonchev–Trinajstić information content (AvgIpc) is 2.04. The summed E-state index contributed by atoms with van der Waals surface area (Å²) in [6.07, 6.45) is 0.383. The van der Waals surface area contributed by atoms with Crippen molar-refractivity contribution in [1.29, 1.82) is 0 Å². The first-order chi connectivity index (χ1) is 6.07. The van der Waals surface area contributed by atoms with Gasteiger partial charge in [0.05, 0.1) is 11.1 Å². The highest BCUT2D eigenvalue weighted by Gasteiger charge is 2.14. The first-order valence-corrected chi connectivity index (χ1v) is 4.31. The van der Waals surface area contributed by atoms with Gasteiger partial charge in [0.15, 0.2) is 12.1 Å². The molecule has 0 spiro atoms. The molecule has 0 aliphatic carbocycles. The highest BCUT2D eigenvalue weighted by Crippen LogP contribution is 2.22. The zero-order valence-electron chi connectivity index (χ0n) is 6.80. The molecule has 0 heterocycles. The molecule has 0 bridgehead atoms. The minimum absolute atomic E-state index is 0.0791. The first kappa shape index (κ1) is 10.1. The molecule has 13 heavy (non-hydrogen) atoms. The zero-order chi connectivity index (χ0) is 10.0. The minimum atomic E-state index is -0.767. The van der Waals surface area contributed by atoms with Gasteiger partial charge in [0.1, 0.15) is 5.82 Å². The Hall–Kier alpha value is -1.03. The van der Waals surface area contributed by atoms with Crippen molar-refractivity contribution >= 4 is 28.0 Å². The van der Waals surface area contributed by atoms with E-state index >= 15 is 0 Å². The number of hydrogen-bond acceptors (Lipinski definition) is 2. The zero-order valence-corrected chi connectivity index (χ0v) is 8.39. The number of hydrogen-bond donors (Lipinski definition) is 0. The SMILES string of the molecule is CC(=O)c1c(Br)ccc(C=O)c1F. The smallest absolute Gasteiger partial charge is 0.163 e. The van der Waals surface area contributed by atoms with Gasteiger partial charge in [-0.05, 0) is 35.0 Å². The van der Waals surface area contributed by atoms with Crippen LogP contribution < -0.4 is 0 Å². The van der Waals surface area contributed by atoms with Crippen LogP contribution in [0.4, 0.5) is 4.39 Å². The standard InChI is InChI=1S/C9H6BrFO2/c1-5(13)8-7(10)3-2-6(4-12)9(8)11/h2-4H,1H3. The van der Waals surface area contributed by atoms with Gasteiger partial charge in [0.2, 0.25) is 0 Å². The van der Waals surface area contributed by atoms with Crippen molar-refractivity contribution in [2.45, 2.75) is 6.92 Å². The normalized spacial score (nSPS) is 9.77. The Morgan fingerprint density at radius 1 is 1.54 bits per heavy atom. The maximum atomic E-state index is 13.3. The van der Waals surface area contributed by atoms with Crippen molar-refractivity contribution in [3.8, 4) is 0 Å². The number of ketones is 1. The topological polar surface area (TPSA) is 34.1 Å². The summed E-state index contributed by atoms with van der Waals surface area (Å²) in [7, 11) is 0. The molecule has 4 heteroatoms. The molecule has 0 aliphatic heterocycles. The second-order valence-corrected chi connectivity index (χ2v) is 3.35. The second kappa shape index (κ2) is 3.79. The van der Waals surface area contributed by atoms with Gasteiger partial charge >= 0.3 is 0 Å². The van der Waals surface area contributed by atoms with Gasteiger partial charge in [-0.25, -0.2) is 4.39 Å². The second-order valence-electron chi connectivity index (χ2n) is 2.50. The monoisotopic (exact) mass is 244 g/mol. The fourth-order valence-corrected chi connectivity index (χ4v) is 1.57. The Balaban J connectivity index is 3.47. The summed E-state index contributed by atoms with van der Waals surface area (Å²) in [6, 6.07) is 2.79. The molecule has 0 N–H and O–H groups in total. The number of aldehydes is 1. The van der Waals surface area contributed by atoms with E-state index in [1.54, 1.807) is 0 Å². The Labute approximate surface area is 82.9 Å². The number of halogens is 2. The predicted octanol–water partition coefficient (Wildman–Crippen LogP) is 2.60. The van der Waals surface area contributed by atoms with E-state index in [1.807, 2.05) is 0 Å². The Morgan fingerprint density at radius 3 is 2.62 bits per heavy atom. The molecule has 0 atom stereocenters. The molecule has 1 aromatic rings. The number of carbonyl (C=O) groups excluding carboxylic acids is 2. The highest BCUT2D eigenvalue weighted by molar-refractivity contribution is 9.10. The van der Waals surface area contributed by atoms with Crippen molar-refractivity contribution in [2.24, 2.45) is 0 Å². The molecule has 68 valence electrons. The van der Waals surface area contributed by atoms with Crippen LogP contribution in [-0.2, 0) is 0 Å². The Bertz CT molecular complexity index is 374. The third kappa shape index (κ3) is 1.83. The lowest BCUT2D eigenvalue weighted by Gasteiger charge is -2.03. The quantitative estimate of drug-likeness (QED) is 0.592.